The van der Waals surface area contributed by atoms with E-state index in [1.165, 1.54) is 3.97 Å². The van der Waals surface area contributed by atoms with Crippen molar-refractivity contribution in [3.8, 4) is 0 Å². The summed E-state index contributed by atoms with van der Waals surface area (Å²) < 4.78 is 27.9. The van der Waals surface area contributed by atoms with E-state index < -0.39 is 10.0 Å². The predicted molar refractivity (Wildman–Crippen MR) is 105 cm³/mol. The van der Waals surface area contributed by atoms with E-state index in [9.17, 15) is 8.42 Å². The summed E-state index contributed by atoms with van der Waals surface area (Å²) in [6.45, 7) is 5.78. The van der Waals surface area contributed by atoms with Gasteiger partial charge in [0.05, 0.1) is 10.4 Å². The van der Waals surface area contributed by atoms with Gasteiger partial charge >= 0.3 is 0 Å². The highest BCUT2D eigenvalue weighted by Gasteiger charge is 2.24. The monoisotopic (exact) mass is 369 g/mol. The molecule has 0 bridgehead atoms. The van der Waals surface area contributed by atoms with E-state index in [1.807, 2.05) is 31.2 Å². The largest absolute Gasteiger partial charge is 0.368 e. The lowest BCUT2D eigenvalue weighted by atomic mass is 10.1. The molecular formula is C20H23N3O2S. The van der Waals surface area contributed by atoms with Gasteiger partial charge in [-0.15, -0.1) is 0 Å². The molecule has 5 nitrogen and oxygen atoms in total. The average molecular weight is 369 g/mol. The van der Waals surface area contributed by atoms with Crippen LogP contribution in [0.3, 0.4) is 0 Å². The molecule has 2 aromatic carbocycles. The summed E-state index contributed by atoms with van der Waals surface area (Å²) in [5, 5.41) is 0.994. The van der Waals surface area contributed by atoms with Gasteiger partial charge in [-0.1, -0.05) is 24.3 Å². The fourth-order valence-electron chi connectivity index (χ4n) is 3.66. The van der Waals surface area contributed by atoms with Gasteiger partial charge in [0.25, 0.3) is 10.0 Å². The lowest BCUT2D eigenvalue weighted by molar-refractivity contribution is 0.313. The molecule has 26 heavy (non-hydrogen) atoms. The van der Waals surface area contributed by atoms with Crippen LogP contribution in [-0.2, 0) is 10.0 Å². The van der Waals surface area contributed by atoms with Crippen LogP contribution < -0.4 is 4.90 Å². The topological polar surface area (TPSA) is 45.5 Å². The van der Waals surface area contributed by atoms with E-state index in [2.05, 4.69) is 22.9 Å². The zero-order chi connectivity index (χ0) is 18.3. The predicted octanol–water partition coefficient (Wildman–Crippen LogP) is 2.94. The Labute approximate surface area is 154 Å². The molecule has 0 amide bonds. The molecule has 6 heteroatoms. The summed E-state index contributed by atoms with van der Waals surface area (Å²) in [4.78, 5) is 4.97. The Hall–Kier alpha value is -2.31. The summed E-state index contributed by atoms with van der Waals surface area (Å²) in [5.74, 6) is 0. The summed E-state index contributed by atoms with van der Waals surface area (Å²) >= 11 is 0. The summed E-state index contributed by atoms with van der Waals surface area (Å²) in [6.07, 6.45) is 0. The van der Waals surface area contributed by atoms with Crippen molar-refractivity contribution in [2.75, 3.05) is 38.1 Å². The lowest BCUT2D eigenvalue weighted by Crippen LogP contribution is -2.44. The molecule has 0 aliphatic carbocycles. The van der Waals surface area contributed by atoms with Crippen LogP contribution in [0.1, 0.15) is 5.69 Å². The van der Waals surface area contributed by atoms with Gasteiger partial charge in [0, 0.05) is 42.9 Å². The Bertz CT molecular complexity index is 1030. The summed E-state index contributed by atoms with van der Waals surface area (Å²) in [6, 6.07) is 16.5. The van der Waals surface area contributed by atoms with Gasteiger partial charge in [0.1, 0.15) is 0 Å². The third-order valence-electron chi connectivity index (χ3n) is 5.08. The first kappa shape index (κ1) is 17.1. The third-order valence-corrected chi connectivity index (χ3v) is 6.91. The molecule has 1 aromatic heterocycles. The number of benzene rings is 2. The van der Waals surface area contributed by atoms with Crippen molar-refractivity contribution in [3.63, 3.8) is 0 Å². The van der Waals surface area contributed by atoms with E-state index in [-0.39, 0.29) is 0 Å². The van der Waals surface area contributed by atoms with Crippen LogP contribution in [0.25, 0.3) is 10.9 Å². The molecule has 1 saturated heterocycles. The fraction of sp³-hybridized carbons (Fsp3) is 0.300. The SMILES string of the molecule is Cc1cc2c(N3CCN(C)CC3)cccc2n1S(=O)(=O)c1ccccc1. The number of likely N-dealkylation sites (N-methyl/N-ethyl adjacent to an activating group) is 1. The van der Waals surface area contributed by atoms with E-state index in [0.29, 0.717) is 4.90 Å². The Kier molecular flexibility index (Phi) is 4.25. The van der Waals surface area contributed by atoms with Gasteiger partial charge in [-0.25, -0.2) is 12.4 Å². The molecule has 136 valence electrons. The Morgan fingerprint density at radius 2 is 1.58 bits per heavy atom. The normalized spacial score (nSPS) is 16.3. The molecule has 2 heterocycles. The molecule has 1 aliphatic heterocycles. The first-order valence-electron chi connectivity index (χ1n) is 8.84. The van der Waals surface area contributed by atoms with Gasteiger partial charge in [-0.3, -0.25) is 0 Å². The number of aromatic nitrogens is 1. The van der Waals surface area contributed by atoms with Gasteiger partial charge in [0.2, 0.25) is 0 Å². The number of piperazine rings is 1. The molecule has 3 aromatic rings. The number of anilines is 1. The van der Waals surface area contributed by atoms with Crippen LogP contribution in [0.2, 0.25) is 0 Å². The molecule has 0 spiro atoms. The molecule has 1 aliphatic rings. The number of aryl methyl sites for hydroxylation is 1. The van der Waals surface area contributed by atoms with E-state index in [4.69, 9.17) is 0 Å². The second-order valence-electron chi connectivity index (χ2n) is 6.87. The quantitative estimate of drug-likeness (QED) is 0.712. The van der Waals surface area contributed by atoms with Crippen LogP contribution >= 0.6 is 0 Å². The molecule has 0 unspecified atom stereocenters. The average Bonchev–Trinajstić information content (AvgIpc) is 2.99. The highest BCUT2D eigenvalue weighted by Crippen LogP contribution is 2.32. The van der Waals surface area contributed by atoms with Gasteiger partial charge in [-0.2, -0.15) is 0 Å². The highest BCUT2D eigenvalue weighted by molar-refractivity contribution is 7.90. The second kappa shape index (κ2) is 6.45. The van der Waals surface area contributed by atoms with E-state index >= 15 is 0 Å². The van der Waals surface area contributed by atoms with Crippen LogP contribution in [0.5, 0.6) is 0 Å². The number of fused-ring (bicyclic) bond motifs is 1. The Balaban J connectivity index is 1.86. The fourth-order valence-corrected chi connectivity index (χ4v) is 5.23. The highest BCUT2D eigenvalue weighted by atomic mass is 32.2. The Morgan fingerprint density at radius 3 is 2.27 bits per heavy atom. The standard InChI is InChI=1S/C20H23N3O2S/c1-16-15-18-19(22-13-11-21(2)12-14-22)9-6-10-20(18)23(16)26(24,25)17-7-4-3-5-8-17/h3-10,15H,11-14H2,1-2H3. The zero-order valence-corrected chi connectivity index (χ0v) is 15.9. The number of hydrogen-bond donors (Lipinski definition) is 0. The molecule has 0 atom stereocenters. The zero-order valence-electron chi connectivity index (χ0n) is 15.1. The number of nitrogens with zero attached hydrogens (tertiary/aromatic N) is 3. The molecule has 0 radical (unpaired) electrons. The lowest BCUT2D eigenvalue weighted by Gasteiger charge is -2.34. The van der Waals surface area contributed by atoms with Crippen molar-refractivity contribution < 1.29 is 8.42 Å². The van der Waals surface area contributed by atoms with E-state index in [0.717, 1.165) is 48.5 Å². The van der Waals surface area contributed by atoms with Crippen LogP contribution in [0.4, 0.5) is 5.69 Å². The molecule has 1 fully saturated rings. The molecule has 0 saturated carbocycles. The first-order valence-corrected chi connectivity index (χ1v) is 10.3. The Morgan fingerprint density at radius 1 is 0.885 bits per heavy atom. The van der Waals surface area contributed by atoms with Crippen molar-refractivity contribution >= 4 is 26.6 Å². The van der Waals surface area contributed by atoms with Crippen molar-refractivity contribution in [3.05, 3.63) is 60.3 Å². The minimum absolute atomic E-state index is 0.311. The van der Waals surface area contributed by atoms with E-state index in [1.54, 1.807) is 24.3 Å². The summed E-state index contributed by atoms with van der Waals surface area (Å²) in [7, 11) is -1.49. The summed E-state index contributed by atoms with van der Waals surface area (Å²) in [5.41, 5.74) is 2.58. The second-order valence-corrected chi connectivity index (χ2v) is 8.66. The van der Waals surface area contributed by atoms with Crippen LogP contribution in [0, 0.1) is 6.92 Å². The smallest absolute Gasteiger partial charge is 0.268 e. The maximum absolute atomic E-state index is 13.2. The minimum atomic E-state index is -3.62. The number of hydrogen-bond acceptors (Lipinski definition) is 4. The molecule has 4 rings (SSSR count). The third kappa shape index (κ3) is 2.79. The molecule has 0 N–H and O–H groups in total. The minimum Gasteiger partial charge on any atom is -0.368 e. The number of rotatable bonds is 3. The van der Waals surface area contributed by atoms with Crippen molar-refractivity contribution in [2.45, 2.75) is 11.8 Å². The maximum atomic E-state index is 13.2. The van der Waals surface area contributed by atoms with Gasteiger partial charge < -0.3 is 9.80 Å². The van der Waals surface area contributed by atoms with Gasteiger partial charge in [-0.05, 0) is 44.3 Å². The van der Waals surface area contributed by atoms with Crippen molar-refractivity contribution in [1.29, 1.82) is 0 Å². The first-order chi connectivity index (χ1) is 12.5. The van der Waals surface area contributed by atoms with Gasteiger partial charge in [0.15, 0.2) is 0 Å². The maximum Gasteiger partial charge on any atom is 0.268 e. The van der Waals surface area contributed by atoms with Crippen molar-refractivity contribution in [2.24, 2.45) is 0 Å². The van der Waals surface area contributed by atoms with Crippen molar-refractivity contribution in [1.82, 2.24) is 8.87 Å². The molecular weight excluding hydrogens is 346 g/mol. The van der Waals surface area contributed by atoms with Crippen LogP contribution in [0.15, 0.2) is 59.5 Å². The van der Waals surface area contributed by atoms with Crippen LogP contribution in [-0.4, -0.2) is 50.5 Å².